The molecule has 158 valence electrons. The molecule has 3 heterocycles. The third kappa shape index (κ3) is 4.27. The highest BCUT2D eigenvalue weighted by Gasteiger charge is 2.12. The molecule has 0 aliphatic carbocycles. The lowest BCUT2D eigenvalue weighted by molar-refractivity contribution is 0.102. The number of amidine groups is 1. The van der Waals surface area contributed by atoms with Crippen molar-refractivity contribution in [1.82, 2.24) is 15.3 Å². The Bertz CT molecular complexity index is 1350. The Morgan fingerprint density at radius 2 is 1.91 bits per heavy atom. The first-order valence-electron chi connectivity index (χ1n) is 10.4. The number of aromatic nitrogens is 2. The fourth-order valence-electron chi connectivity index (χ4n) is 3.51. The Hall–Kier alpha value is -4.26. The van der Waals surface area contributed by atoms with Gasteiger partial charge in [-0.05, 0) is 48.9 Å². The van der Waals surface area contributed by atoms with Crippen LogP contribution in [0, 0.1) is 6.92 Å². The van der Waals surface area contributed by atoms with E-state index in [1.54, 1.807) is 18.3 Å². The highest BCUT2D eigenvalue weighted by atomic mass is 16.5. The Balaban J connectivity index is 1.37. The van der Waals surface area contributed by atoms with Gasteiger partial charge >= 0.3 is 0 Å². The number of anilines is 1. The number of benzene rings is 2. The second kappa shape index (κ2) is 8.47. The van der Waals surface area contributed by atoms with Gasteiger partial charge < -0.3 is 15.4 Å². The largest absolute Gasteiger partial charge is 0.457 e. The van der Waals surface area contributed by atoms with Crippen LogP contribution in [0.1, 0.15) is 21.7 Å². The van der Waals surface area contributed by atoms with Crippen LogP contribution in [0.4, 0.5) is 5.69 Å². The average Bonchev–Trinajstić information content (AvgIpc) is 3.34. The van der Waals surface area contributed by atoms with Crippen LogP contribution in [0.15, 0.2) is 77.9 Å². The molecule has 1 amide bonds. The van der Waals surface area contributed by atoms with Crippen molar-refractivity contribution in [2.24, 2.45) is 4.99 Å². The monoisotopic (exact) mass is 423 g/mol. The molecule has 0 radical (unpaired) electrons. The molecular weight excluding hydrogens is 402 g/mol. The van der Waals surface area contributed by atoms with Gasteiger partial charge in [0.05, 0.1) is 12.1 Å². The maximum absolute atomic E-state index is 12.7. The van der Waals surface area contributed by atoms with E-state index in [4.69, 9.17) is 4.74 Å². The zero-order valence-electron chi connectivity index (χ0n) is 17.5. The van der Waals surface area contributed by atoms with Crippen molar-refractivity contribution in [3.05, 3.63) is 89.9 Å². The van der Waals surface area contributed by atoms with Crippen molar-refractivity contribution < 1.29 is 9.53 Å². The SMILES string of the molecule is Cc1cccc(NC(=O)c2ccc3ccc(Oc4ccnc(C5=NCCN5)c4)cc3n2)c1. The van der Waals surface area contributed by atoms with E-state index in [0.29, 0.717) is 22.7 Å². The predicted molar refractivity (Wildman–Crippen MR) is 125 cm³/mol. The van der Waals surface area contributed by atoms with E-state index in [-0.39, 0.29) is 5.91 Å². The number of aryl methyl sites for hydroxylation is 1. The smallest absolute Gasteiger partial charge is 0.274 e. The van der Waals surface area contributed by atoms with Crippen molar-refractivity contribution >= 4 is 28.3 Å². The number of ether oxygens (including phenoxy) is 1. The topological polar surface area (TPSA) is 88.5 Å². The lowest BCUT2D eigenvalue weighted by atomic mass is 10.2. The summed E-state index contributed by atoms with van der Waals surface area (Å²) in [4.78, 5) is 26.0. The van der Waals surface area contributed by atoms with Crippen LogP contribution >= 0.6 is 0 Å². The van der Waals surface area contributed by atoms with E-state index < -0.39 is 0 Å². The number of carbonyl (C=O) groups excluding carboxylic acids is 1. The number of nitrogens with one attached hydrogen (secondary N) is 2. The Kier molecular flexibility index (Phi) is 5.21. The number of nitrogens with zero attached hydrogens (tertiary/aromatic N) is 3. The molecule has 0 bridgehead atoms. The first kappa shape index (κ1) is 19.7. The standard InChI is InChI=1S/C25H21N5O2/c1-16-3-2-4-18(13-16)29-25(31)21-8-6-17-5-7-19(14-22(17)30-21)32-20-9-10-26-23(15-20)24-27-11-12-28-24/h2-10,13-15H,11-12H2,1H3,(H,27,28)(H,29,31). The molecule has 5 rings (SSSR count). The Labute approximate surface area is 185 Å². The van der Waals surface area contributed by atoms with Gasteiger partial charge in [0.15, 0.2) is 0 Å². The van der Waals surface area contributed by atoms with E-state index in [1.165, 1.54) is 0 Å². The van der Waals surface area contributed by atoms with Gasteiger partial charge in [-0.1, -0.05) is 18.2 Å². The van der Waals surface area contributed by atoms with Gasteiger partial charge in [0.2, 0.25) is 0 Å². The summed E-state index contributed by atoms with van der Waals surface area (Å²) in [6, 6.07) is 20.5. The van der Waals surface area contributed by atoms with Crippen molar-refractivity contribution in [3.63, 3.8) is 0 Å². The molecule has 2 aromatic heterocycles. The van der Waals surface area contributed by atoms with Crippen LogP contribution in [0.25, 0.3) is 10.9 Å². The average molecular weight is 423 g/mol. The van der Waals surface area contributed by atoms with E-state index >= 15 is 0 Å². The molecule has 1 aliphatic heterocycles. The third-order valence-corrected chi connectivity index (χ3v) is 5.06. The second-order valence-corrected chi connectivity index (χ2v) is 7.51. The molecule has 4 aromatic rings. The number of fused-ring (bicyclic) bond motifs is 1. The Morgan fingerprint density at radius 3 is 2.75 bits per heavy atom. The van der Waals surface area contributed by atoms with Gasteiger partial charge in [-0.2, -0.15) is 0 Å². The van der Waals surface area contributed by atoms with Gasteiger partial charge in [0.25, 0.3) is 5.91 Å². The summed E-state index contributed by atoms with van der Waals surface area (Å²) in [5.74, 6) is 1.80. The first-order valence-corrected chi connectivity index (χ1v) is 10.4. The van der Waals surface area contributed by atoms with Gasteiger partial charge in [-0.25, -0.2) is 4.98 Å². The molecular formula is C25H21N5O2. The number of amides is 1. The minimum Gasteiger partial charge on any atom is -0.457 e. The quantitative estimate of drug-likeness (QED) is 0.499. The summed E-state index contributed by atoms with van der Waals surface area (Å²) in [6.07, 6.45) is 1.69. The number of carbonyl (C=O) groups is 1. The molecule has 7 nitrogen and oxygen atoms in total. The summed E-state index contributed by atoms with van der Waals surface area (Å²) in [5, 5.41) is 7.02. The summed E-state index contributed by atoms with van der Waals surface area (Å²) >= 11 is 0. The summed E-state index contributed by atoms with van der Waals surface area (Å²) in [5.41, 5.74) is 3.58. The van der Waals surface area contributed by atoms with E-state index in [1.807, 2.05) is 61.5 Å². The molecule has 0 spiro atoms. The van der Waals surface area contributed by atoms with Crippen LogP contribution in [-0.2, 0) is 0 Å². The molecule has 0 atom stereocenters. The van der Waals surface area contributed by atoms with E-state index in [2.05, 4.69) is 25.6 Å². The molecule has 7 heteroatoms. The molecule has 2 N–H and O–H groups in total. The first-order chi connectivity index (χ1) is 15.6. The molecule has 32 heavy (non-hydrogen) atoms. The Morgan fingerprint density at radius 1 is 1.03 bits per heavy atom. The minimum atomic E-state index is -0.257. The number of pyridine rings is 2. The number of rotatable bonds is 5. The van der Waals surface area contributed by atoms with Gasteiger partial charge in [-0.3, -0.25) is 14.8 Å². The van der Waals surface area contributed by atoms with E-state index in [0.717, 1.165) is 41.3 Å². The van der Waals surface area contributed by atoms with Crippen molar-refractivity contribution in [2.45, 2.75) is 6.92 Å². The highest BCUT2D eigenvalue weighted by Crippen LogP contribution is 2.25. The van der Waals surface area contributed by atoms with Crippen molar-refractivity contribution in [2.75, 3.05) is 18.4 Å². The van der Waals surface area contributed by atoms with Gasteiger partial charge in [-0.15, -0.1) is 0 Å². The molecule has 0 fully saturated rings. The molecule has 0 saturated carbocycles. The summed E-state index contributed by atoms with van der Waals surface area (Å²) in [6.45, 7) is 3.55. The zero-order chi connectivity index (χ0) is 21.9. The van der Waals surface area contributed by atoms with Crippen LogP contribution in [0.3, 0.4) is 0 Å². The van der Waals surface area contributed by atoms with Crippen LogP contribution in [0.2, 0.25) is 0 Å². The van der Waals surface area contributed by atoms with Crippen LogP contribution < -0.4 is 15.4 Å². The fraction of sp³-hybridized carbons (Fsp3) is 0.120. The van der Waals surface area contributed by atoms with Crippen molar-refractivity contribution in [3.8, 4) is 11.5 Å². The van der Waals surface area contributed by atoms with Crippen LogP contribution in [-0.4, -0.2) is 34.8 Å². The molecule has 1 aliphatic rings. The van der Waals surface area contributed by atoms with Gasteiger partial charge in [0.1, 0.15) is 28.7 Å². The molecule has 0 saturated heterocycles. The number of hydrogen-bond donors (Lipinski definition) is 2. The summed E-state index contributed by atoms with van der Waals surface area (Å²) in [7, 11) is 0. The predicted octanol–water partition coefficient (Wildman–Crippen LogP) is 4.33. The summed E-state index contributed by atoms with van der Waals surface area (Å²) < 4.78 is 6.03. The number of hydrogen-bond acceptors (Lipinski definition) is 6. The highest BCUT2D eigenvalue weighted by molar-refractivity contribution is 6.04. The second-order valence-electron chi connectivity index (χ2n) is 7.51. The molecule has 2 aromatic carbocycles. The zero-order valence-corrected chi connectivity index (χ0v) is 17.5. The van der Waals surface area contributed by atoms with E-state index in [9.17, 15) is 4.79 Å². The maximum atomic E-state index is 12.7. The number of aliphatic imine (C=N–C) groups is 1. The third-order valence-electron chi connectivity index (χ3n) is 5.06. The lowest BCUT2D eigenvalue weighted by Crippen LogP contribution is -2.20. The lowest BCUT2D eigenvalue weighted by Gasteiger charge is -2.09. The fourth-order valence-corrected chi connectivity index (χ4v) is 3.51. The maximum Gasteiger partial charge on any atom is 0.274 e. The van der Waals surface area contributed by atoms with Crippen LogP contribution in [0.5, 0.6) is 11.5 Å². The minimum absolute atomic E-state index is 0.257. The molecule has 0 unspecified atom stereocenters. The normalized spacial score (nSPS) is 12.8. The van der Waals surface area contributed by atoms with Crippen molar-refractivity contribution in [1.29, 1.82) is 0 Å². The van der Waals surface area contributed by atoms with Gasteiger partial charge in [0, 0.05) is 35.9 Å².